The van der Waals surface area contributed by atoms with Crippen molar-refractivity contribution in [1.29, 1.82) is 0 Å². The van der Waals surface area contributed by atoms with Crippen molar-refractivity contribution < 1.29 is 0 Å². The van der Waals surface area contributed by atoms with Gasteiger partial charge in [0.25, 0.3) is 0 Å². The lowest BCUT2D eigenvalue weighted by atomic mass is 10.1. The van der Waals surface area contributed by atoms with Crippen LogP contribution in [-0.4, -0.2) is 14.5 Å². The molecule has 0 aliphatic carbocycles. The molecular weight excluding hydrogens is 198 g/mol. The van der Waals surface area contributed by atoms with Crippen molar-refractivity contribution in [3.63, 3.8) is 0 Å². The van der Waals surface area contributed by atoms with Crippen LogP contribution in [0.2, 0.25) is 5.02 Å². The lowest BCUT2D eigenvalue weighted by Gasteiger charge is -2.05. The molecule has 0 unspecified atom stereocenters. The molecule has 0 aromatic carbocycles. The molecule has 0 saturated heterocycles. The zero-order valence-electron chi connectivity index (χ0n) is 8.45. The van der Waals surface area contributed by atoms with Crippen LogP contribution in [0.1, 0.15) is 25.5 Å². The quantitative estimate of drug-likeness (QED) is 0.723. The van der Waals surface area contributed by atoms with Crippen molar-refractivity contribution in [1.82, 2.24) is 14.5 Å². The topological polar surface area (TPSA) is 30.7 Å². The van der Waals surface area contributed by atoms with Gasteiger partial charge in [0.2, 0.25) is 0 Å². The maximum Gasteiger partial charge on any atom is 0.144 e. The van der Waals surface area contributed by atoms with Crippen LogP contribution in [0.15, 0.2) is 12.5 Å². The van der Waals surface area contributed by atoms with Crippen LogP contribution in [0.25, 0.3) is 11.0 Å². The molecule has 0 bridgehead atoms. The lowest BCUT2D eigenvalue weighted by molar-refractivity contribution is 0.825. The molecule has 0 spiro atoms. The van der Waals surface area contributed by atoms with Gasteiger partial charge in [-0.1, -0.05) is 25.4 Å². The first kappa shape index (κ1) is 9.46. The number of hydrogen-bond acceptors (Lipinski definition) is 2. The Labute approximate surface area is 87.7 Å². The van der Waals surface area contributed by atoms with Crippen molar-refractivity contribution in [2.45, 2.75) is 19.8 Å². The number of fused-ring (bicyclic) bond motifs is 1. The van der Waals surface area contributed by atoms with Gasteiger partial charge in [-0.05, 0) is 5.92 Å². The van der Waals surface area contributed by atoms with Crippen LogP contribution in [-0.2, 0) is 7.05 Å². The fourth-order valence-electron chi connectivity index (χ4n) is 1.62. The van der Waals surface area contributed by atoms with E-state index in [1.54, 1.807) is 6.33 Å². The van der Waals surface area contributed by atoms with Gasteiger partial charge in [0.15, 0.2) is 0 Å². The molecule has 2 aromatic rings. The summed E-state index contributed by atoms with van der Waals surface area (Å²) in [6, 6.07) is 0. The Hall–Kier alpha value is -1.09. The van der Waals surface area contributed by atoms with Crippen LogP contribution >= 0.6 is 11.6 Å². The number of halogens is 1. The summed E-state index contributed by atoms with van der Waals surface area (Å²) in [4.78, 5) is 8.48. The van der Waals surface area contributed by atoms with Crippen molar-refractivity contribution in [2.24, 2.45) is 7.05 Å². The van der Waals surface area contributed by atoms with E-state index in [-0.39, 0.29) is 0 Å². The zero-order valence-corrected chi connectivity index (χ0v) is 9.21. The van der Waals surface area contributed by atoms with E-state index in [2.05, 4.69) is 23.8 Å². The molecule has 2 rings (SSSR count). The van der Waals surface area contributed by atoms with Gasteiger partial charge in [-0.15, -0.1) is 0 Å². The van der Waals surface area contributed by atoms with E-state index in [9.17, 15) is 0 Å². The van der Waals surface area contributed by atoms with E-state index in [4.69, 9.17) is 11.6 Å². The number of aryl methyl sites for hydroxylation is 1. The van der Waals surface area contributed by atoms with Gasteiger partial charge >= 0.3 is 0 Å². The van der Waals surface area contributed by atoms with E-state index >= 15 is 0 Å². The fourth-order valence-corrected chi connectivity index (χ4v) is 1.95. The van der Waals surface area contributed by atoms with E-state index < -0.39 is 0 Å². The van der Waals surface area contributed by atoms with E-state index in [0.29, 0.717) is 5.92 Å². The highest BCUT2D eigenvalue weighted by Crippen LogP contribution is 2.29. The molecule has 3 nitrogen and oxygen atoms in total. The second kappa shape index (κ2) is 3.24. The first-order chi connectivity index (χ1) is 6.61. The maximum absolute atomic E-state index is 6.13. The van der Waals surface area contributed by atoms with Crippen LogP contribution in [0, 0.1) is 0 Å². The molecule has 0 aliphatic heterocycles. The molecular formula is C10H12ClN3. The molecule has 0 fully saturated rings. The van der Waals surface area contributed by atoms with E-state index in [1.165, 1.54) is 0 Å². The summed E-state index contributed by atoms with van der Waals surface area (Å²) in [5, 5.41) is 1.71. The average molecular weight is 210 g/mol. The Morgan fingerprint density at radius 1 is 1.36 bits per heavy atom. The Morgan fingerprint density at radius 3 is 2.71 bits per heavy atom. The standard InChI is InChI=1S/C10H12ClN3/c1-6(2)9-8-7(11)4-14(3)10(8)13-5-12-9/h4-6H,1-3H3. The molecule has 0 aliphatic rings. The van der Waals surface area contributed by atoms with Crippen molar-refractivity contribution >= 4 is 22.6 Å². The Kier molecular flexibility index (Phi) is 2.19. The summed E-state index contributed by atoms with van der Waals surface area (Å²) in [7, 11) is 1.94. The Morgan fingerprint density at radius 2 is 2.07 bits per heavy atom. The van der Waals surface area contributed by atoms with Crippen molar-refractivity contribution in [2.75, 3.05) is 0 Å². The number of hydrogen-bond donors (Lipinski definition) is 0. The molecule has 0 atom stereocenters. The summed E-state index contributed by atoms with van der Waals surface area (Å²) in [5.74, 6) is 0.361. The van der Waals surface area contributed by atoms with E-state index in [1.807, 2.05) is 17.8 Å². The predicted molar refractivity (Wildman–Crippen MR) is 57.6 cm³/mol. The summed E-state index contributed by atoms with van der Waals surface area (Å²) >= 11 is 6.13. The Balaban J connectivity index is 2.85. The monoisotopic (exact) mass is 209 g/mol. The van der Waals surface area contributed by atoms with Gasteiger partial charge in [0, 0.05) is 13.2 Å². The van der Waals surface area contributed by atoms with Gasteiger partial charge in [0.05, 0.1) is 16.1 Å². The van der Waals surface area contributed by atoms with Gasteiger partial charge in [-0.25, -0.2) is 9.97 Å². The summed E-state index contributed by atoms with van der Waals surface area (Å²) in [6.07, 6.45) is 3.46. The highest BCUT2D eigenvalue weighted by molar-refractivity contribution is 6.35. The highest BCUT2D eigenvalue weighted by Gasteiger charge is 2.13. The summed E-state index contributed by atoms with van der Waals surface area (Å²) in [6.45, 7) is 4.20. The largest absolute Gasteiger partial charge is 0.334 e. The van der Waals surface area contributed by atoms with Gasteiger partial charge in [-0.3, -0.25) is 0 Å². The fraction of sp³-hybridized carbons (Fsp3) is 0.400. The molecule has 2 heterocycles. The molecule has 14 heavy (non-hydrogen) atoms. The van der Waals surface area contributed by atoms with Crippen LogP contribution in [0.4, 0.5) is 0 Å². The third-order valence-corrected chi connectivity index (χ3v) is 2.57. The van der Waals surface area contributed by atoms with Crippen molar-refractivity contribution in [3.05, 3.63) is 23.2 Å². The third-order valence-electron chi connectivity index (χ3n) is 2.28. The normalized spacial score (nSPS) is 11.5. The highest BCUT2D eigenvalue weighted by atomic mass is 35.5. The molecule has 0 N–H and O–H groups in total. The molecule has 4 heteroatoms. The smallest absolute Gasteiger partial charge is 0.144 e. The summed E-state index contributed by atoms with van der Waals surface area (Å²) < 4.78 is 1.92. The zero-order chi connectivity index (χ0) is 10.3. The van der Waals surface area contributed by atoms with Gasteiger partial charge in [-0.2, -0.15) is 0 Å². The first-order valence-corrected chi connectivity index (χ1v) is 4.94. The average Bonchev–Trinajstić information content (AvgIpc) is 2.43. The molecule has 0 saturated carbocycles. The number of aromatic nitrogens is 3. The second-order valence-corrected chi connectivity index (χ2v) is 4.11. The summed E-state index contributed by atoms with van der Waals surface area (Å²) in [5.41, 5.74) is 1.91. The second-order valence-electron chi connectivity index (χ2n) is 3.70. The van der Waals surface area contributed by atoms with E-state index in [0.717, 1.165) is 21.7 Å². The predicted octanol–water partition coefficient (Wildman–Crippen LogP) is 2.75. The number of rotatable bonds is 1. The van der Waals surface area contributed by atoms with Crippen LogP contribution in [0.5, 0.6) is 0 Å². The minimum Gasteiger partial charge on any atom is -0.334 e. The number of nitrogens with zero attached hydrogens (tertiary/aromatic N) is 3. The van der Waals surface area contributed by atoms with Gasteiger partial charge < -0.3 is 4.57 Å². The lowest BCUT2D eigenvalue weighted by Crippen LogP contribution is -1.96. The van der Waals surface area contributed by atoms with Crippen molar-refractivity contribution in [3.8, 4) is 0 Å². The molecule has 2 aromatic heterocycles. The van der Waals surface area contributed by atoms with Crippen LogP contribution in [0.3, 0.4) is 0 Å². The van der Waals surface area contributed by atoms with Gasteiger partial charge in [0.1, 0.15) is 12.0 Å². The molecule has 74 valence electrons. The SMILES string of the molecule is CC(C)c1ncnc2c1c(Cl)cn2C. The minimum absolute atomic E-state index is 0.361. The molecule has 0 radical (unpaired) electrons. The Bertz CT molecular complexity index is 473. The molecule has 0 amide bonds. The minimum atomic E-state index is 0.361. The van der Waals surface area contributed by atoms with Crippen LogP contribution < -0.4 is 0 Å². The maximum atomic E-state index is 6.13. The third kappa shape index (κ3) is 1.28. The first-order valence-electron chi connectivity index (χ1n) is 4.56.